The Balaban J connectivity index is 3.53. The van der Waals surface area contributed by atoms with Gasteiger partial charge in [0.1, 0.15) is 11.3 Å². The van der Waals surface area contributed by atoms with E-state index in [1.54, 1.807) is 6.92 Å². The molecule has 1 aliphatic rings. The highest BCUT2D eigenvalue weighted by molar-refractivity contribution is 5.96. The molecule has 0 unspecified atom stereocenters. The van der Waals surface area contributed by atoms with Crippen molar-refractivity contribution in [2.45, 2.75) is 58.9 Å². The Hall–Kier alpha value is -2.78. The number of amides is 2. The van der Waals surface area contributed by atoms with Crippen LogP contribution < -0.4 is 5.32 Å². The molecule has 0 saturated heterocycles. The maximum atomic E-state index is 13.6. The molecule has 168 valence electrons. The number of rotatable bonds is 8. The van der Waals surface area contributed by atoms with Gasteiger partial charge in [0.2, 0.25) is 0 Å². The van der Waals surface area contributed by atoms with Crippen LogP contribution in [0.3, 0.4) is 0 Å². The van der Waals surface area contributed by atoms with Crippen molar-refractivity contribution in [1.82, 2.24) is 10.2 Å². The molecule has 0 radical (unpaired) electrons. The van der Waals surface area contributed by atoms with Crippen LogP contribution in [-0.4, -0.2) is 53.7 Å². The molecule has 0 aliphatic carbocycles. The summed E-state index contributed by atoms with van der Waals surface area (Å²) in [6.45, 7) is 10.9. The Morgan fingerprint density at radius 2 is 1.93 bits per heavy atom. The molecule has 10 heteroatoms. The summed E-state index contributed by atoms with van der Waals surface area (Å²) in [5.41, 5.74) is -3.23. The summed E-state index contributed by atoms with van der Waals surface area (Å²) in [4.78, 5) is 37.7. The van der Waals surface area contributed by atoms with E-state index in [-0.39, 0.29) is 31.0 Å². The van der Waals surface area contributed by atoms with Gasteiger partial charge in [0.05, 0.1) is 18.7 Å². The van der Waals surface area contributed by atoms with Crippen LogP contribution in [0.5, 0.6) is 0 Å². The van der Waals surface area contributed by atoms with E-state index in [1.165, 1.54) is 27.7 Å². The second-order valence-electron chi connectivity index (χ2n) is 7.26. The molecule has 1 rings (SSSR count). The summed E-state index contributed by atoms with van der Waals surface area (Å²) in [6.07, 6.45) is -3.57. The molecule has 0 aromatic heterocycles. The number of nitrogens with zero attached hydrogens (tertiary/aromatic N) is 1. The number of esters is 1. The maximum absolute atomic E-state index is 13.6. The lowest BCUT2D eigenvalue weighted by Crippen LogP contribution is -2.51. The van der Waals surface area contributed by atoms with E-state index in [1.807, 2.05) is 0 Å². The van der Waals surface area contributed by atoms with Crippen molar-refractivity contribution < 1.29 is 37.0 Å². The first-order valence-electron chi connectivity index (χ1n) is 9.37. The molecule has 30 heavy (non-hydrogen) atoms. The molecular formula is C20H27F3N2O5. The Morgan fingerprint density at radius 3 is 2.40 bits per heavy atom. The fourth-order valence-corrected chi connectivity index (χ4v) is 2.64. The number of nitrogens with one attached hydrogen (secondary N) is 1. The molecule has 1 N–H and O–H groups in total. The highest BCUT2D eigenvalue weighted by Crippen LogP contribution is 2.34. The molecular weight excluding hydrogens is 405 g/mol. The van der Waals surface area contributed by atoms with E-state index in [0.717, 1.165) is 11.0 Å². The van der Waals surface area contributed by atoms with Crippen molar-refractivity contribution >= 4 is 17.8 Å². The van der Waals surface area contributed by atoms with Gasteiger partial charge < -0.3 is 19.7 Å². The van der Waals surface area contributed by atoms with Crippen molar-refractivity contribution in [1.29, 1.82) is 0 Å². The second kappa shape index (κ2) is 9.82. The van der Waals surface area contributed by atoms with Gasteiger partial charge in [-0.2, -0.15) is 13.2 Å². The van der Waals surface area contributed by atoms with Crippen LogP contribution in [0.2, 0.25) is 0 Å². The van der Waals surface area contributed by atoms with E-state index < -0.39 is 41.2 Å². The van der Waals surface area contributed by atoms with Crippen molar-refractivity contribution in [2.24, 2.45) is 0 Å². The van der Waals surface area contributed by atoms with Gasteiger partial charge in [-0.15, -0.1) is 0 Å². The molecule has 0 bridgehead atoms. The number of hydrogen-bond acceptors (Lipinski definition) is 5. The van der Waals surface area contributed by atoms with Gasteiger partial charge in [-0.1, -0.05) is 6.58 Å². The van der Waals surface area contributed by atoms with Gasteiger partial charge in [-0.05, 0) is 46.8 Å². The van der Waals surface area contributed by atoms with Gasteiger partial charge >= 0.3 is 12.1 Å². The average molecular weight is 432 g/mol. The standard InChI is InChI=1S/C20H27F3N2O5/c1-7-15-14(11-13(20(21,22)23)17(27)24-12(3)4)25(10-9-16(26)29-8-2)18(28)19(5,6)30-15/h7,11-12H,1,8-10H2,2-6H3,(H,24,27)/b13-11-. The highest BCUT2D eigenvalue weighted by atomic mass is 19.4. The third-order valence-corrected chi connectivity index (χ3v) is 3.95. The summed E-state index contributed by atoms with van der Waals surface area (Å²) in [5.74, 6) is -2.76. The predicted octanol–water partition coefficient (Wildman–Crippen LogP) is 2.99. The fraction of sp³-hybridized carbons (Fsp3) is 0.550. The van der Waals surface area contributed by atoms with E-state index in [2.05, 4.69) is 11.9 Å². The SMILES string of the molecule is C=CC1=C(/C=C(/C(=O)NC(C)C)C(F)(F)F)N(CCC(=O)OCC)C(=O)C(C)(C)O1. The number of hydrogen-bond donors (Lipinski definition) is 1. The largest absolute Gasteiger partial charge is 0.476 e. The Bertz CT molecular complexity index is 767. The maximum Gasteiger partial charge on any atom is 0.421 e. The predicted molar refractivity (Wildman–Crippen MR) is 103 cm³/mol. The van der Waals surface area contributed by atoms with Crippen molar-refractivity contribution in [3.63, 3.8) is 0 Å². The summed E-state index contributed by atoms with van der Waals surface area (Å²) in [5, 5.41) is 2.19. The zero-order valence-electron chi connectivity index (χ0n) is 17.7. The summed E-state index contributed by atoms with van der Waals surface area (Å²) >= 11 is 0. The lowest BCUT2D eigenvalue weighted by molar-refractivity contribution is -0.153. The van der Waals surface area contributed by atoms with Crippen LogP contribution in [0.25, 0.3) is 0 Å². The zero-order valence-corrected chi connectivity index (χ0v) is 17.7. The van der Waals surface area contributed by atoms with Gasteiger partial charge in [-0.25, -0.2) is 0 Å². The van der Waals surface area contributed by atoms with Crippen LogP contribution in [0.15, 0.2) is 35.8 Å². The minimum Gasteiger partial charge on any atom is -0.476 e. The Morgan fingerprint density at radius 1 is 1.33 bits per heavy atom. The lowest BCUT2D eigenvalue weighted by Gasteiger charge is -2.39. The number of allylic oxidation sites excluding steroid dienone is 2. The van der Waals surface area contributed by atoms with Gasteiger partial charge in [0, 0.05) is 12.6 Å². The topological polar surface area (TPSA) is 84.9 Å². The van der Waals surface area contributed by atoms with Crippen LogP contribution in [0, 0.1) is 0 Å². The van der Waals surface area contributed by atoms with Crippen LogP contribution in [-0.2, 0) is 23.9 Å². The molecule has 1 aliphatic heterocycles. The Kier molecular flexibility index (Phi) is 8.26. The molecule has 0 spiro atoms. The van der Waals surface area contributed by atoms with E-state index in [4.69, 9.17) is 9.47 Å². The molecule has 1 heterocycles. The summed E-state index contributed by atoms with van der Waals surface area (Å²) in [7, 11) is 0. The first-order chi connectivity index (χ1) is 13.7. The van der Waals surface area contributed by atoms with E-state index >= 15 is 0 Å². The van der Waals surface area contributed by atoms with Crippen molar-refractivity contribution in [3.8, 4) is 0 Å². The first-order valence-corrected chi connectivity index (χ1v) is 9.37. The number of carbonyl (C=O) groups excluding carboxylic acids is 3. The molecule has 0 saturated carbocycles. The fourth-order valence-electron chi connectivity index (χ4n) is 2.64. The molecule has 0 atom stereocenters. The van der Waals surface area contributed by atoms with Crippen molar-refractivity contribution in [2.75, 3.05) is 13.2 Å². The number of alkyl halides is 3. The average Bonchev–Trinajstić information content (AvgIpc) is 2.59. The van der Waals surface area contributed by atoms with Crippen molar-refractivity contribution in [3.05, 3.63) is 35.8 Å². The number of carbonyl (C=O) groups is 3. The van der Waals surface area contributed by atoms with E-state index in [9.17, 15) is 27.6 Å². The normalized spacial score (nSPS) is 17.0. The third kappa shape index (κ3) is 6.36. The zero-order chi connectivity index (χ0) is 23.3. The number of halogens is 3. The van der Waals surface area contributed by atoms with Gasteiger partial charge in [0.25, 0.3) is 11.8 Å². The summed E-state index contributed by atoms with van der Waals surface area (Å²) in [6, 6.07) is -0.542. The molecule has 0 aromatic carbocycles. The second-order valence-corrected chi connectivity index (χ2v) is 7.26. The summed E-state index contributed by atoms with van der Waals surface area (Å²) < 4.78 is 51.1. The quantitative estimate of drug-likeness (QED) is 0.471. The highest BCUT2D eigenvalue weighted by Gasteiger charge is 2.44. The third-order valence-electron chi connectivity index (χ3n) is 3.95. The smallest absolute Gasteiger partial charge is 0.421 e. The molecule has 0 fully saturated rings. The first kappa shape index (κ1) is 25.3. The van der Waals surface area contributed by atoms with Gasteiger partial charge in [-0.3, -0.25) is 14.4 Å². The van der Waals surface area contributed by atoms with Crippen LogP contribution in [0.1, 0.15) is 41.0 Å². The minimum atomic E-state index is -5.00. The Labute approximate surface area is 173 Å². The monoisotopic (exact) mass is 432 g/mol. The molecule has 0 aromatic rings. The van der Waals surface area contributed by atoms with Gasteiger partial charge in [0.15, 0.2) is 5.60 Å². The number of ether oxygens (including phenoxy) is 2. The van der Waals surface area contributed by atoms with Crippen LogP contribution in [0.4, 0.5) is 13.2 Å². The molecule has 7 nitrogen and oxygen atoms in total. The lowest BCUT2D eigenvalue weighted by atomic mass is 10.0. The van der Waals surface area contributed by atoms with E-state index in [0.29, 0.717) is 6.08 Å². The van der Waals surface area contributed by atoms with Crippen LogP contribution >= 0.6 is 0 Å². The molecule has 2 amide bonds. The minimum absolute atomic E-state index is 0.121.